The number of methoxy groups -OCH3 is 1. The van der Waals surface area contributed by atoms with E-state index >= 15 is 0 Å². The number of amides is 1. The van der Waals surface area contributed by atoms with Crippen molar-refractivity contribution < 1.29 is 23.1 Å². The van der Waals surface area contributed by atoms with Crippen molar-refractivity contribution in [2.45, 2.75) is 32.0 Å². The van der Waals surface area contributed by atoms with E-state index in [1.165, 1.54) is 17.7 Å². The van der Waals surface area contributed by atoms with E-state index < -0.39 is 29.0 Å². The lowest BCUT2D eigenvalue weighted by Gasteiger charge is -2.19. The predicted octanol–water partition coefficient (Wildman–Crippen LogP) is 1.84. The summed E-state index contributed by atoms with van der Waals surface area (Å²) < 4.78 is 33.4. The van der Waals surface area contributed by atoms with Crippen molar-refractivity contribution in [1.29, 1.82) is 0 Å². The zero-order valence-electron chi connectivity index (χ0n) is 15.3. The van der Waals surface area contributed by atoms with E-state index in [1.54, 1.807) is 0 Å². The fraction of sp³-hybridized carbons (Fsp3) is 0.316. The number of hydrogen-bond donors (Lipinski definition) is 2. The fourth-order valence-electron chi connectivity index (χ4n) is 3.59. The molecule has 1 aliphatic rings. The SMILES string of the molecule is COc1c(C=O)n2c(c(C(=O)NCc3ccc(F)cc3F)c1=O)[C@@H](N)C[C@@H]2C. The average molecular weight is 391 g/mol. The van der Waals surface area contributed by atoms with Gasteiger partial charge in [0.25, 0.3) is 5.91 Å². The minimum atomic E-state index is -0.818. The number of rotatable bonds is 5. The van der Waals surface area contributed by atoms with Crippen LogP contribution in [0.4, 0.5) is 8.78 Å². The third-order valence-corrected chi connectivity index (χ3v) is 4.83. The van der Waals surface area contributed by atoms with Crippen LogP contribution in [0.2, 0.25) is 0 Å². The van der Waals surface area contributed by atoms with Crippen LogP contribution in [-0.2, 0) is 6.54 Å². The molecule has 0 saturated heterocycles. The first-order chi connectivity index (χ1) is 13.3. The second-order valence-corrected chi connectivity index (χ2v) is 6.61. The number of nitrogens with one attached hydrogen (secondary N) is 1. The third-order valence-electron chi connectivity index (χ3n) is 4.83. The van der Waals surface area contributed by atoms with Crippen LogP contribution in [0.3, 0.4) is 0 Å². The number of nitrogens with zero attached hydrogens (tertiary/aromatic N) is 1. The highest BCUT2D eigenvalue weighted by molar-refractivity contribution is 5.97. The van der Waals surface area contributed by atoms with Crippen molar-refractivity contribution in [2.75, 3.05) is 7.11 Å². The molecule has 7 nitrogen and oxygen atoms in total. The summed E-state index contributed by atoms with van der Waals surface area (Å²) in [7, 11) is 1.23. The van der Waals surface area contributed by atoms with Crippen molar-refractivity contribution in [3.8, 4) is 5.75 Å². The Morgan fingerprint density at radius 2 is 2.14 bits per heavy atom. The van der Waals surface area contributed by atoms with Crippen molar-refractivity contribution in [3.05, 3.63) is 62.6 Å². The van der Waals surface area contributed by atoms with E-state index in [9.17, 15) is 23.2 Å². The van der Waals surface area contributed by atoms with Crippen molar-refractivity contribution >= 4 is 12.2 Å². The zero-order chi connectivity index (χ0) is 20.6. The van der Waals surface area contributed by atoms with Gasteiger partial charge in [0.2, 0.25) is 5.43 Å². The van der Waals surface area contributed by atoms with Crippen LogP contribution in [0, 0.1) is 11.6 Å². The molecule has 28 heavy (non-hydrogen) atoms. The first kappa shape index (κ1) is 19.7. The van der Waals surface area contributed by atoms with Gasteiger partial charge in [-0.1, -0.05) is 6.07 Å². The molecular formula is C19H19F2N3O4. The summed E-state index contributed by atoms with van der Waals surface area (Å²) in [5.41, 5.74) is 5.40. The summed E-state index contributed by atoms with van der Waals surface area (Å²) in [6.07, 6.45) is 0.925. The van der Waals surface area contributed by atoms with Gasteiger partial charge in [-0.05, 0) is 19.4 Å². The number of benzene rings is 1. The van der Waals surface area contributed by atoms with Crippen molar-refractivity contribution in [3.63, 3.8) is 0 Å². The molecule has 0 spiro atoms. The van der Waals surface area contributed by atoms with E-state index in [0.717, 1.165) is 6.07 Å². The topological polar surface area (TPSA) is 103 Å². The minimum Gasteiger partial charge on any atom is -0.491 e. The lowest BCUT2D eigenvalue weighted by molar-refractivity contribution is 0.0945. The van der Waals surface area contributed by atoms with Gasteiger partial charge in [0, 0.05) is 30.3 Å². The lowest BCUT2D eigenvalue weighted by atomic mass is 10.0. The Hall–Kier alpha value is -3.07. The zero-order valence-corrected chi connectivity index (χ0v) is 15.3. The van der Waals surface area contributed by atoms with Crippen molar-refractivity contribution in [1.82, 2.24) is 9.88 Å². The van der Waals surface area contributed by atoms with Crippen LogP contribution < -0.4 is 21.2 Å². The number of carbonyl (C=O) groups excluding carboxylic acids is 2. The Morgan fingerprint density at radius 1 is 1.43 bits per heavy atom. The Balaban J connectivity index is 2.05. The smallest absolute Gasteiger partial charge is 0.257 e. The van der Waals surface area contributed by atoms with Gasteiger partial charge in [0.1, 0.15) is 22.9 Å². The van der Waals surface area contributed by atoms with Gasteiger partial charge < -0.3 is 20.4 Å². The molecule has 2 aromatic rings. The number of ether oxygens (including phenoxy) is 1. The summed E-state index contributed by atoms with van der Waals surface area (Å²) in [6, 6.07) is 2.12. The first-order valence-electron chi connectivity index (χ1n) is 8.59. The van der Waals surface area contributed by atoms with E-state index in [2.05, 4.69) is 5.32 Å². The molecule has 0 aliphatic carbocycles. The number of aromatic nitrogens is 1. The molecule has 3 N–H and O–H groups in total. The number of halogens is 2. The van der Waals surface area contributed by atoms with Crippen molar-refractivity contribution in [2.24, 2.45) is 5.73 Å². The molecule has 1 aliphatic heterocycles. The quantitative estimate of drug-likeness (QED) is 0.757. The van der Waals surface area contributed by atoms with Crippen LogP contribution in [0.5, 0.6) is 5.75 Å². The predicted molar refractivity (Wildman–Crippen MR) is 96.4 cm³/mol. The second-order valence-electron chi connectivity index (χ2n) is 6.61. The van der Waals surface area contributed by atoms with Gasteiger partial charge in [-0.3, -0.25) is 14.4 Å². The number of carbonyl (C=O) groups is 2. The van der Waals surface area contributed by atoms with Gasteiger partial charge in [-0.2, -0.15) is 0 Å². The maximum absolute atomic E-state index is 13.8. The Kier molecular flexibility index (Phi) is 5.28. The number of aldehydes is 1. The summed E-state index contributed by atoms with van der Waals surface area (Å²) in [6.45, 7) is 1.55. The van der Waals surface area contributed by atoms with E-state index in [-0.39, 0.29) is 40.9 Å². The van der Waals surface area contributed by atoms with Gasteiger partial charge >= 0.3 is 0 Å². The Labute approximate surface area is 159 Å². The summed E-state index contributed by atoms with van der Waals surface area (Å²) in [5.74, 6) is -2.59. The minimum absolute atomic E-state index is 0.0177. The van der Waals surface area contributed by atoms with Gasteiger partial charge in [0.05, 0.1) is 12.8 Å². The maximum Gasteiger partial charge on any atom is 0.257 e. The molecule has 9 heteroatoms. The van der Waals surface area contributed by atoms with Gasteiger partial charge in [-0.15, -0.1) is 0 Å². The monoisotopic (exact) mass is 391 g/mol. The molecule has 0 radical (unpaired) electrons. The molecule has 0 unspecified atom stereocenters. The largest absolute Gasteiger partial charge is 0.491 e. The Morgan fingerprint density at radius 3 is 2.75 bits per heavy atom. The highest BCUT2D eigenvalue weighted by atomic mass is 19.1. The third kappa shape index (κ3) is 3.18. The van der Waals surface area contributed by atoms with Crippen LogP contribution in [0.15, 0.2) is 23.0 Å². The molecule has 3 rings (SSSR count). The van der Waals surface area contributed by atoms with Crippen LogP contribution in [-0.4, -0.2) is 23.9 Å². The molecule has 0 bridgehead atoms. The van der Waals surface area contributed by atoms with E-state index in [0.29, 0.717) is 18.8 Å². The maximum atomic E-state index is 13.8. The van der Waals surface area contributed by atoms with Gasteiger partial charge in [-0.25, -0.2) is 8.78 Å². The standard InChI is InChI=1S/C19H19F2N3O4/c1-9-5-13(22)16-15(17(26)18(28-2)14(8-25)24(9)16)19(27)23-7-10-3-4-11(20)6-12(10)21/h3-4,6,8-9,13H,5,7,22H2,1-2H3,(H,23,27)/t9-,13-/m0/s1. The lowest BCUT2D eigenvalue weighted by Crippen LogP contribution is -2.34. The molecular weight excluding hydrogens is 372 g/mol. The second kappa shape index (κ2) is 7.51. The number of hydrogen-bond acceptors (Lipinski definition) is 5. The summed E-state index contributed by atoms with van der Waals surface area (Å²) >= 11 is 0. The summed E-state index contributed by atoms with van der Waals surface area (Å²) in [4.78, 5) is 37.1. The van der Waals surface area contributed by atoms with Gasteiger partial charge in [0.15, 0.2) is 12.0 Å². The highest BCUT2D eigenvalue weighted by Crippen LogP contribution is 2.36. The normalized spacial score (nSPS) is 17.9. The number of pyridine rings is 1. The van der Waals surface area contributed by atoms with E-state index in [1.807, 2.05) is 6.92 Å². The van der Waals surface area contributed by atoms with Crippen LogP contribution in [0.1, 0.15) is 57.5 Å². The van der Waals surface area contributed by atoms with Crippen LogP contribution >= 0.6 is 0 Å². The summed E-state index contributed by atoms with van der Waals surface area (Å²) in [5, 5.41) is 2.46. The fourth-order valence-corrected chi connectivity index (χ4v) is 3.59. The average Bonchev–Trinajstić information content (AvgIpc) is 2.93. The number of fused-ring (bicyclic) bond motifs is 1. The molecule has 0 saturated carbocycles. The molecule has 2 atom stereocenters. The number of nitrogens with two attached hydrogens (primary N) is 1. The molecule has 2 heterocycles. The van der Waals surface area contributed by atoms with E-state index in [4.69, 9.17) is 10.5 Å². The highest BCUT2D eigenvalue weighted by Gasteiger charge is 2.36. The molecule has 1 aromatic heterocycles. The molecule has 1 aromatic carbocycles. The molecule has 1 amide bonds. The first-order valence-corrected chi connectivity index (χ1v) is 8.59. The Bertz CT molecular complexity index is 1020. The molecule has 148 valence electrons. The molecule has 0 fully saturated rings. The van der Waals surface area contributed by atoms with Crippen LogP contribution in [0.25, 0.3) is 0 Å².